The van der Waals surface area contributed by atoms with Gasteiger partial charge >= 0.3 is 0 Å². The largest absolute Gasteiger partial charge is 0.493 e. The molecule has 176 valence electrons. The molecular weight excluding hydrogens is 436 g/mol. The summed E-state index contributed by atoms with van der Waals surface area (Å²) in [6, 6.07) is 16.9. The topological polar surface area (TPSA) is 91.1 Å². The van der Waals surface area contributed by atoms with Crippen molar-refractivity contribution in [2.75, 3.05) is 27.4 Å². The van der Waals surface area contributed by atoms with E-state index in [0.717, 1.165) is 16.7 Å². The van der Waals surface area contributed by atoms with Crippen molar-refractivity contribution in [2.45, 2.75) is 19.4 Å². The van der Waals surface area contributed by atoms with Gasteiger partial charge in [0.15, 0.2) is 11.5 Å². The second kappa shape index (κ2) is 9.82. The molecule has 1 unspecified atom stereocenters. The molecule has 8 heteroatoms. The molecule has 4 rings (SSSR count). The highest BCUT2D eigenvalue weighted by atomic mass is 16.6. The smallest absolute Gasteiger partial charge is 0.269 e. The van der Waals surface area contributed by atoms with Crippen molar-refractivity contribution in [1.29, 1.82) is 0 Å². The lowest BCUT2D eigenvalue weighted by atomic mass is 9.91. The van der Waals surface area contributed by atoms with Crippen LogP contribution in [0.1, 0.15) is 33.1 Å². The monoisotopic (exact) mass is 462 g/mol. The van der Waals surface area contributed by atoms with Crippen molar-refractivity contribution in [3.05, 3.63) is 93.0 Å². The number of hydrogen-bond acceptors (Lipinski definition) is 6. The Balaban J connectivity index is 1.67. The zero-order chi connectivity index (χ0) is 24.2. The van der Waals surface area contributed by atoms with Crippen molar-refractivity contribution >= 4 is 11.6 Å². The van der Waals surface area contributed by atoms with E-state index in [0.29, 0.717) is 35.8 Å². The fraction of sp³-hybridized carbons (Fsp3) is 0.269. The summed E-state index contributed by atoms with van der Waals surface area (Å²) in [6.07, 6.45) is 0.668. The number of methoxy groups -OCH3 is 2. The molecule has 8 nitrogen and oxygen atoms in total. The summed E-state index contributed by atoms with van der Waals surface area (Å²) in [5, 5.41) is 10.9. The Morgan fingerprint density at radius 2 is 1.68 bits per heavy atom. The van der Waals surface area contributed by atoms with Gasteiger partial charge in [0.05, 0.1) is 25.2 Å². The maximum Gasteiger partial charge on any atom is 0.269 e. The zero-order valence-electron chi connectivity index (χ0n) is 19.3. The van der Waals surface area contributed by atoms with Gasteiger partial charge < -0.3 is 19.1 Å². The van der Waals surface area contributed by atoms with Crippen molar-refractivity contribution < 1.29 is 23.9 Å². The average Bonchev–Trinajstić information content (AvgIpc) is 2.86. The third kappa shape index (κ3) is 4.66. The molecule has 0 bridgehead atoms. The van der Waals surface area contributed by atoms with E-state index in [-0.39, 0.29) is 24.2 Å². The number of benzene rings is 3. The van der Waals surface area contributed by atoms with Gasteiger partial charge in [0.2, 0.25) is 0 Å². The van der Waals surface area contributed by atoms with Crippen LogP contribution in [0, 0.1) is 17.0 Å². The first-order valence-electron chi connectivity index (χ1n) is 10.9. The number of non-ortho nitro benzene ring substituents is 1. The summed E-state index contributed by atoms with van der Waals surface area (Å²) < 4.78 is 17.0. The van der Waals surface area contributed by atoms with Crippen LogP contribution in [0.15, 0.2) is 60.7 Å². The number of fused-ring (bicyclic) bond motifs is 1. The van der Waals surface area contributed by atoms with Crippen molar-refractivity contribution in [2.24, 2.45) is 0 Å². The minimum Gasteiger partial charge on any atom is -0.493 e. The number of amides is 1. The molecule has 1 aliphatic rings. The Labute approximate surface area is 197 Å². The second-order valence-electron chi connectivity index (χ2n) is 8.10. The van der Waals surface area contributed by atoms with E-state index >= 15 is 0 Å². The highest BCUT2D eigenvalue weighted by Crippen LogP contribution is 2.39. The predicted octanol–water partition coefficient (Wildman–Crippen LogP) is 4.74. The van der Waals surface area contributed by atoms with Crippen molar-refractivity contribution in [3.63, 3.8) is 0 Å². The standard InChI is InChI=1S/C26H26N2O6/c1-17-4-6-18(7-5-17)26(29)27-13-12-19-14-24(32-2)25(33-3)15-22(19)23(27)16-34-21-10-8-20(9-11-21)28(30)31/h4-11,14-15,23H,12-13,16H2,1-3H3. The molecule has 1 heterocycles. The Hall–Kier alpha value is -4.07. The molecule has 0 N–H and O–H groups in total. The number of ether oxygens (including phenoxy) is 3. The minimum atomic E-state index is -0.456. The van der Waals surface area contributed by atoms with Crippen molar-refractivity contribution in [1.82, 2.24) is 4.90 Å². The van der Waals surface area contributed by atoms with Gasteiger partial charge in [-0.15, -0.1) is 0 Å². The molecule has 0 spiro atoms. The van der Waals surface area contributed by atoms with E-state index in [9.17, 15) is 14.9 Å². The minimum absolute atomic E-state index is 0.0108. The van der Waals surface area contributed by atoms with Crippen LogP contribution in [-0.2, 0) is 6.42 Å². The van der Waals surface area contributed by atoms with Crippen LogP contribution in [0.25, 0.3) is 0 Å². The number of carbonyl (C=O) groups is 1. The van der Waals surface area contributed by atoms with E-state index < -0.39 is 4.92 Å². The van der Waals surface area contributed by atoms with Gasteiger partial charge in [0.25, 0.3) is 11.6 Å². The zero-order valence-corrected chi connectivity index (χ0v) is 19.3. The first kappa shape index (κ1) is 23.1. The molecule has 1 atom stereocenters. The molecule has 0 aromatic heterocycles. The fourth-order valence-electron chi connectivity index (χ4n) is 4.15. The first-order chi connectivity index (χ1) is 16.4. The molecule has 3 aromatic rings. The SMILES string of the molecule is COc1cc2c(cc1OC)C(COc1ccc([N+](=O)[O-])cc1)N(C(=O)c1ccc(C)cc1)CC2. The van der Waals surface area contributed by atoms with Gasteiger partial charge in [-0.1, -0.05) is 17.7 Å². The molecule has 0 saturated heterocycles. The van der Waals surface area contributed by atoms with Gasteiger partial charge in [0.1, 0.15) is 12.4 Å². The van der Waals surface area contributed by atoms with Crippen LogP contribution >= 0.6 is 0 Å². The maximum absolute atomic E-state index is 13.5. The highest BCUT2D eigenvalue weighted by Gasteiger charge is 2.33. The van der Waals surface area contributed by atoms with Crippen LogP contribution in [0.2, 0.25) is 0 Å². The first-order valence-corrected chi connectivity index (χ1v) is 10.9. The Morgan fingerprint density at radius 1 is 1.03 bits per heavy atom. The fourth-order valence-corrected chi connectivity index (χ4v) is 4.15. The van der Waals surface area contributed by atoms with Gasteiger partial charge in [0, 0.05) is 24.2 Å². The molecule has 0 fully saturated rings. The number of aryl methyl sites for hydroxylation is 1. The van der Waals surface area contributed by atoms with Gasteiger partial charge in [-0.3, -0.25) is 14.9 Å². The second-order valence-corrected chi connectivity index (χ2v) is 8.10. The Kier molecular flexibility index (Phi) is 6.67. The van der Waals surface area contributed by atoms with E-state index in [2.05, 4.69) is 0 Å². The lowest BCUT2D eigenvalue weighted by Gasteiger charge is -2.37. The van der Waals surface area contributed by atoms with Crippen molar-refractivity contribution in [3.8, 4) is 17.2 Å². The van der Waals surface area contributed by atoms with Crippen LogP contribution in [0.3, 0.4) is 0 Å². The summed E-state index contributed by atoms with van der Waals surface area (Å²) in [7, 11) is 3.17. The summed E-state index contributed by atoms with van der Waals surface area (Å²) in [6.45, 7) is 2.67. The third-order valence-electron chi connectivity index (χ3n) is 6.02. The number of nitro benzene ring substituents is 1. The Bertz CT molecular complexity index is 1190. The van der Waals surface area contributed by atoms with Crippen LogP contribution in [0.4, 0.5) is 5.69 Å². The molecule has 0 radical (unpaired) electrons. The predicted molar refractivity (Wildman–Crippen MR) is 127 cm³/mol. The molecule has 34 heavy (non-hydrogen) atoms. The van der Waals surface area contributed by atoms with E-state index in [4.69, 9.17) is 14.2 Å². The summed E-state index contributed by atoms with van der Waals surface area (Å²) in [4.78, 5) is 25.8. The quantitative estimate of drug-likeness (QED) is 0.372. The highest BCUT2D eigenvalue weighted by molar-refractivity contribution is 5.94. The van der Waals surface area contributed by atoms with Crippen LogP contribution in [0.5, 0.6) is 17.2 Å². The number of hydrogen-bond donors (Lipinski definition) is 0. The van der Waals surface area contributed by atoms with E-state index in [1.165, 1.54) is 12.1 Å². The molecule has 1 amide bonds. The average molecular weight is 463 g/mol. The normalized spacial score (nSPS) is 14.8. The summed E-state index contributed by atoms with van der Waals surface area (Å²) in [5.41, 5.74) is 3.66. The van der Waals surface area contributed by atoms with Gasteiger partial charge in [-0.25, -0.2) is 0 Å². The number of rotatable bonds is 7. The Morgan fingerprint density at radius 3 is 2.29 bits per heavy atom. The number of nitrogens with zero attached hydrogens (tertiary/aromatic N) is 2. The van der Waals surface area contributed by atoms with Crippen LogP contribution in [-0.4, -0.2) is 43.1 Å². The molecule has 3 aromatic carbocycles. The number of nitro groups is 1. The maximum atomic E-state index is 13.5. The molecular formula is C26H26N2O6. The third-order valence-corrected chi connectivity index (χ3v) is 6.02. The molecule has 0 aliphatic carbocycles. The molecule has 0 saturated carbocycles. The van der Waals surface area contributed by atoms with E-state index in [1.807, 2.05) is 48.2 Å². The molecule has 1 aliphatic heterocycles. The van der Waals surface area contributed by atoms with Gasteiger partial charge in [-0.2, -0.15) is 0 Å². The summed E-state index contributed by atoms with van der Waals surface area (Å²) in [5.74, 6) is 1.61. The number of carbonyl (C=O) groups excluding carboxylic acids is 1. The lowest BCUT2D eigenvalue weighted by Crippen LogP contribution is -2.42. The van der Waals surface area contributed by atoms with Crippen LogP contribution < -0.4 is 14.2 Å². The van der Waals surface area contributed by atoms with Gasteiger partial charge in [-0.05, 0) is 60.9 Å². The lowest BCUT2D eigenvalue weighted by molar-refractivity contribution is -0.384. The summed E-state index contributed by atoms with van der Waals surface area (Å²) >= 11 is 0. The van der Waals surface area contributed by atoms with E-state index in [1.54, 1.807) is 26.4 Å².